The molecule has 0 radical (unpaired) electrons. The predicted octanol–water partition coefficient (Wildman–Crippen LogP) is 1.18. The molecule has 0 aliphatic carbocycles. The summed E-state index contributed by atoms with van der Waals surface area (Å²) in [4.78, 5) is 10.7. The molecule has 3 rings (SSSR count). The molecule has 0 aliphatic rings. The van der Waals surface area contributed by atoms with Crippen molar-refractivity contribution < 1.29 is 34.4 Å². The van der Waals surface area contributed by atoms with Crippen molar-refractivity contribution in [2.45, 2.75) is 11.8 Å². The molecule has 11 heteroatoms. The summed E-state index contributed by atoms with van der Waals surface area (Å²) in [6.45, 7) is 1.17. The summed E-state index contributed by atoms with van der Waals surface area (Å²) in [5.74, 6) is -1.25. The molecule has 0 spiro atoms. The van der Waals surface area contributed by atoms with Crippen LogP contribution in [0.25, 0.3) is 10.8 Å². The Labute approximate surface area is 168 Å². The van der Waals surface area contributed by atoms with E-state index in [9.17, 15) is 31.3 Å². The van der Waals surface area contributed by atoms with E-state index in [0.29, 0.717) is 10.8 Å². The molecule has 1 unspecified atom stereocenters. The normalized spacial score (nSPS) is 13.7. The molecule has 1 atom stereocenters. The zero-order chi connectivity index (χ0) is 21.4. The van der Waals surface area contributed by atoms with Gasteiger partial charge in [-0.25, -0.2) is 0 Å². The number of rotatable bonds is 5. The van der Waals surface area contributed by atoms with Crippen LogP contribution in [0.3, 0.4) is 0 Å². The van der Waals surface area contributed by atoms with Crippen LogP contribution in [0.4, 0.5) is 5.69 Å². The summed E-state index contributed by atoms with van der Waals surface area (Å²) >= 11 is -5.67. The average molecular weight is 481 g/mol. The Hall–Kier alpha value is -2.78. The standard InChI is InChI=1S/C18H16AsNO8S/c1-11(21)20-16-9-13(6-7-17(16)22)19(24,25)28-29(26,27)14-8-12-4-2-3-5-15(12)18(23)10-14/h2-10,22-23H,1H3,(H,20,21)(H,24,25). The van der Waals surface area contributed by atoms with Crippen molar-refractivity contribution in [3.63, 3.8) is 0 Å². The first-order valence-electron chi connectivity index (χ1n) is 8.11. The molecule has 4 N–H and O–H groups in total. The predicted molar refractivity (Wildman–Crippen MR) is 105 cm³/mol. The van der Waals surface area contributed by atoms with E-state index in [1.54, 1.807) is 24.3 Å². The van der Waals surface area contributed by atoms with Crippen LogP contribution < -0.4 is 9.67 Å². The maximum absolute atomic E-state index is 12.7. The van der Waals surface area contributed by atoms with Crippen LogP contribution in [0.15, 0.2) is 59.5 Å². The molecular formula is C18H16AsNO8S. The van der Waals surface area contributed by atoms with E-state index in [2.05, 4.69) is 8.49 Å². The Morgan fingerprint density at radius 1 is 1.03 bits per heavy atom. The fourth-order valence-electron chi connectivity index (χ4n) is 2.62. The van der Waals surface area contributed by atoms with Crippen LogP contribution in [0, 0.1) is 0 Å². The van der Waals surface area contributed by atoms with Gasteiger partial charge in [-0.3, -0.25) is 0 Å². The van der Waals surface area contributed by atoms with Gasteiger partial charge in [-0.2, -0.15) is 0 Å². The van der Waals surface area contributed by atoms with Gasteiger partial charge in [0.2, 0.25) is 0 Å². The summed E-state index contributed by atoms with van der Waals surface area (Å²) in [5, 5.41) is 22.9. The molecule has 0 saturated carbocycles. The summed E-state index contributed by atoms with van der Waals surface area (Å²) in [6, 6.07) is 11.6. The van der Waals surface area contributed by atoms with Crippen molar-refractivity contribution in [3.05, 3.63) is 54.6 Å². The van der Waals surface area contributed by atoms with Gasteiger partial charge in [0, 0.05) is 0 Å². The SMILES string of the molecule is CC(=O)Nc1cc([As](=O)(O)OS(=O)(=O)c2cc(O)c3ccccc3c2)ccc1O. The van der Waals surface area contributed by atoms with Gasteiger partial charge in [-0.05, 0) is 0 Å². The number of anilines is 1. The summed E-state index contributed by atoms with van der Waals surface area (Å²) in [6.07, 6.45) is 0. The van der Waals surface area contributed by atoms with E-state index in [-0.39, 0.29) is 17.2 Å². The van der Waals surface area contributed by atoms with Gasteiger partial charge in [0.05, 0.1) is 0 Å². The van der Waals surface area contributed by atoms with Crippen LogP contribution in [-0.2, 0) is 21.8 Å². The number of nitrogens with one attached hydrogen (secondary N) is 1. The van der Waals surface area contributed by atoms with E-state index in [4.69, 9.17) is 0 Å². The fourth-order valence-corrected chi connectivity index (χ4v) is 7.50. The third-order valence-corrected chi connectivity index (χ3v) is 9.59. The third-order valence-electron chi connectivity index (χ3n) is 3.92. The van der Waals surface area contributed by atoms with Crippen molar-refractivity contribution in [3.8, 4) is 11.5 Å². The molecule has 1 amide bonds. The molecule has 29 heavy (non-hydrogen) atoms. The van der Waals surface area contributed by atoms with Gasteiger partial charge in [-0.1, -0.05) is 0 Å². The number of carbonyl (C=O) groups is 1. The zero-order valence-corrected chi connectivity index (χ0v) is 17.6. The summed E-state index contributed by atoms with van der Waals surface area (Å²) in [7, 11) is -4.72. The van der Waals surface area contributed by atoms with E-state index in [0.717, 1.165) is 24.3 Å². The first-order chi connectivity index (χ1) is 13.5. The summed E-state index contributed by atoms with van der Waals surface area (Å²) in [5.41, 5.74) is -0.171. The minimum absolute atomic E-state index is 0.171. The molecule has 0 bridgehead atoms. The van der Waals surface area contributed by atoms with Crippen molar-refractivity contribution in [1.29, 1.82) is 0 Å². The second kappa shape index (κ2) is 7.56. The van der Waals surface area contributed by atoms with E-state index in [1.165, 1.54) is 13.0 Å². The molecule has 152 valence electrons. The topological polar surface area (TPSA) is 150 Å². The van der Waals surface area contributed by atoms with Gasteiger partial charge >= 0.3 is 169 Å². The van der Waals surface area contributed by atoms with Gasteiger partial charge < -0.3 is 0 Å². The molecule has 3 aromatic rings. The average Bonchev–Trinajstić information content (AvgIpc) is 2.62. The van der Waals surface area contributed by atoms with Gasteiger partial charge in [-0.15, -0.1) is 0 Å². The Morgan fingerprint density at radius 2 is 1.72 bits per heavy atom. The van der Waals surface area contributed by atoms with Crippen molar-refractivity contribution in [2.75, 3.05) is 5.32 Å². The summed E-state index contributed by atoms with van der Waals surface area (Å²) < 4.78 is 52.3. The van der Waals surface area contributed by atoms with Crippen molar-refractivity contribution in [1.82, 2.24) is 0 Å². The molecule has 0 fully saturated rings. The van der Waals surface area contributed by atoms with Crippen LogP contribution in [-0.4, -0.2) is 42.8 Å². The Bertz CT molecular complexity index is 1270. The number of hydrogen-bond acceptors (Lipinski definition) is 7. The first-order valence-corrected chi connectivity index (χ1v) is 12.8. The molecule has 0 heterocycles. The van der Waals surface area contributed by atoms with E-state index >= 15 is 0 Å². The van der Waals surface area contributed by atoms with Gasteiger partial charge in [0.15, 0.2) is 0 Å². The second-order valence-electron chi connectivity index (χ2n) is 6.10. The molecule has 0 saturated heterocycles. The van der Waals surface area contributed by atoms with Crippen LogP contribution in [0.1, 0.15) is 6.92 Å². The monoisotopic (exact) mass is 481 g/mol. The Morgan fingerprint density at radius 3 is 2.41 bits per heavy atom. The number of phenols is 2. The number of phenolic OH excluding ortho intramolecular Hbond substituents is 2. The van der Waals surface area contributed by atoms with Crippen LogP contribution in [0.2, 0.25) is 0 Å². The number of fused-ring (bicyclic) bond motifs is 1. The Kier molecular flexibility index (Phi) is 5.46. The molecule has 9 nitrogen and oxygen atoms in total. The maximum atomic E-state index is 12.7. The number of carbonyl (C=O) groups excluding carboxylic acids is 1. The second-order valence-corrected chi connectivity index (χ2v) is 11.8. The van der Waals surface area contributed by atoms with Crippen LogP contribution >= 0.6 is 0 Å². The van der Waals surface area contributed by atoms with Gasteiger partial charge in [0.25, 0.3) is 0 Å². The van der Waals surface area contributed by atoms with E-state index in [1.807, 2.05) is 0 Å². The number of benzene rings is 3. The quantitative estimate of drug-likeness (QED) is 0.314. The van der Waals surface area contributed by atoms with Gasteiger partial charge in [0.1, 0.15) is 0 Å². The van der Waals surface area contributed by atoms with Crippen molar-refractivity contribution in [2.24, 2.45) is 0 Å². The van der Waals surface area contributed by atoms with E-state index < -0.39 is 39.4 Å². The number of hydrogen-bond donors (Lipinski definition) is 4. The molecule has 0 aliphatic heterocycles. The third kappa shape index (κ3) is 4.46. The fraction of sp³-hybridized carbons (Fsp3) is 0.0556. The number of amides is 1. The zero-order valence-electron chi connectivity index (χ0n) is 14.9. The minimum atomic E-state index is -5.67. The van der Waals surface area contributed by atoms with Crippen molar-refractivity contribution >= 4 is 51.0 Å². The number of aromatic hydroxyl groups is 2. The molecule has 0 aromatic heterocycles. The Balaban J connectivity index is 1.99. The molecule has 3 aromatic carbocycles. The molecular weight excluding hydrogens is 465 g/mol. The van der Waals surface area contributed by atoms with Crippen LogP contribution in [0.5, 0.6) is 11.5 Å². The first kappa shape index (κ1) is 20.9.